The van der Waals surface area contributed by atoms with Crippen LogP contribution in [0, 0.1) is 6.92 Å². The summed E-state index contributed by atoms with van der Waals surface area (Å²) in [6.45, 7) is 3.16. The number of anilines is 1. The van der Waals surface area contributed by atoms with Crippen LogP contribution in [0.4, 0.5) is 5.69 Å². The van der Waals surface area contributed by atoms with E-state index in [1.54, 1.807) is 36.8 Å². The number of amides is 1. The molecule has 0 unspecified atom stereocenters. The molecule has 1 aliphatic heterocycles. The first-order valence-corrected chi connectivity index (χ1v) is 10.4. The molecular formula is C20H20ClN3O4S. The lowest BCUT2D eigenvalue weighted by atomic mass is 10.2. The minimum absolute atomic E-state index is 0.0679. The molecule has 1 amide bonds. The fourth-order valence-electron chi connectivity index (χ4n) is 3.45. The van der Waals surface area contributed by atoms with Gasteiger partial charge in [-0.25, -0.2) is 4.98 Å². The van der Waals surface area contributed by atoms with Crippen molar-refractivity contribution in [3.8, 4) is 5.75 Å². The fraction of sp³-hybridized carbons (Fsp3) is 0.350. The van der Waals surface area contributed by atoms with Gasteiger partial charge in [0.1, 0.15) is 17.3 Å². The number of halogens is 1. The van der Waals surface area contributed by atoms with Crippen LogP contribution in [-0.4, -0.2) is 35.8 Å². The molecule has 1 aromatic carbocycles. The minimum atomic E-state index is -0.325. The van der Waals surface area contributed by atoms with Crippen LogP contribution in [0.3, 0.4) is 0 Å². The number of nitrogens with zero attached hydrogens (tertiary/aromatic N) is 2. The second kappa shape index (κ2) is 8.14. The molecule has 0 spiro atoms. The number of nitrogens with one attached hydrogen (secondary N) is 1. The van der Waals surface area contributed by atoms with Gasteiger partial charge in [-0.15, -0.1) is 11.3 Å². The van der Waals surface area contributed by atoms with E-state index in [0.717, 1.165) is 18.7 Å². The predicted octanol–water partition coefficient (Wildman–Crippen LogP) is 3.64. The standard InChI is InChI=1S/C20H20ClN3O4S/c1-11-15-19(23-14-7-4-8-24(14)20(15)26)29-17(11)18(25)22-13-6-3-5-12(21)16(13)28-10-9-27-2/h3,5-6H,4,7-10H2,1-2H3,(H,22,25). The molecule has 3 aromatic rings. The third-order valence-electron chi connectivity index (χ3n) is 4.87. The van der Waals surface area contributed by atoms with E-state index in [9.17, 15) is 9.59 Å². The number of para-hydroxylation sites is 1. The maximum Gasteiger partial charge on any atom is 0.266 e. The summed E-state index contributed by atoms with van der Waals surface area (Å²) in [5, 5.41) is 3.77. The average Bonchev–Trinajstić information content (AvgIpc) is 3.29. The van der Waals surface area contributed by atoms with E-state index in [1.165, 1.54) is 11.3 Å². The summed E-state index contributed by atoms with van der Waals surface area (Å²) in [7, 11) is 1.58. The summed E-state index contributed by atoms with van der Waals surface area (Å²) in [5.74, 6) is 0.851. The van der Waals surface area contributed by atoms with E-state index < -0.39 is 0 Å². The van der Waals surface area contributed by atoms with E-state index in [0.29, 0.717) is 56.9 Å². The van der Waals surface area contributed by atoms with Crippen LogP contribution in [0.5, 0.6) is 5.75 Å². The van der Waals surface area contributed by atoms with Gasteiger partial charge in [-0.2, -0.15) is 0 Å². The number of aromatic nitrogens is 2. The molecule has 4 rings (SSSR count). The quantitative estimate of drug-likeness (QED) is 0.600. The number of thiophene rings is 1. The minimum Gasteiger partial charge on any atom is -0.487 e. The largest absolute Gasteiger partial charge is 0.487 e. The molecule has 2 aromatic heterocycles. The highest BCUT2D eigenvalue weighted by Crippen LogP contribution is 2.35. The summed E-state index contributed by atoms with van der Waals surface area (Å²) in [6.07, 6.45) is 1.71. The molecule has 0 aliphatic carbocycles. The van der Waals surface area contributed by atoms with E-state index in [4.69, 9.17) is 21.1 Å². The fourth-order valence-corrected chi connectivity index (χ4v) is 4.77. The van der Waals surface area contributed by atoms with Gasteiger partial charge in [0.25, 0.3) is 11.5 Å². The molecule has 3 heterocycles. The lowest BCUT2D eigenvalue weighted by molar-refractivity contribution is 0.102. The number of rotatable bonds is 6. The number of hydrogen-bond donors (Lipinski definition) is 1. The molecular weight excluding hydrogens is 414 g/mol. The number of aryl methyl sites for hydroxylation is 2. The van der Waals surface area contributed by atoms with Crippen LogP contribution in [0.2, 0.25) is 5.02 Å². The van der Waals surface area contributed by atoms with Gasteiger partial charge in [0.15, 0.2) is 5.75 Å². The van der Waals surface area contributed by atoms with Gasteiger partial charge in [0.05, 0.1) is 27.6 Å². The highest BCUT2D eigenvalue weighted by molar-refractivity contribution is 7.20. The molecule has 0 atom stereocenters. The first-order chi connectivity index (χ1) is 14.0. The first kappa shape index (κ1) is 19.9. The van der Waals surface area contributed by atoms with Crippen molar-refractivity contribution < 1.29 is 14.3 Å². The van der Waals surface area contributed by atoms with E-state index >= 15 is 0 Å². The Labute approximate surface area is 176 Å². The van der Waals surface area contributed by atoms with Crippen molar-refractivity contribution in [2.75, 3.05) is 25.6 Å². The number of carbonyl (C=O) groups excluding carboxylic acids is 1. The maximum absolute atomic E-state index is 13.0. The van der Waals surface area contributed by atoms with Crippen LogP contribution in [0.15, 0.2) is 23.0 Å². The number of fused-ring (bicyclic) bond motifs is 2. The highest BCUT2D eigenvalue weighted by Gasteiger charge is 2.24. The molecule has 0 fully saturated rings. The maximum atomic E-state index is 13.0. The van der Waals surface area contributed by atoms with E-state index in [1.807, 2.05) is 0 Å². The molecule has 0 saturated carbocycles. The Morgan fingerprint density at radius 1 is 1.38 bits per heavy atom. The summed E-state index contributed by atoms with van der Waals surface area (Å²) < 4.78 is 12.4. The lowest BCUT2D eigenvalue weighted by Crippen LogP contribution is -2.20. The Morgan fingerprint density at radius 2 is 2.21 bits per heavy atom. The molecule has 0 radical (unpaired) electrons. The molecule has 1 aliphatic rings. The molecule has 29 heavy (non-hydrogen) atoms. The summed E-state index contributed by atoms with van der Waals surface area (Å²) in [5.41, 5.74) is 1.04. The molecule has 9 heteroatoms. The van der Waals surface area contributed by atoms with Gasteiger partial charge in [-0.1, -0.05) is 17.7 Å². The van der Waals surface area contributed by atoms with Crippen molar-refractivity contribution >= 4 is 44.7 Å². The SMILES string of the molecule is COCCOc1c(Cl)cccc1NC(=O)c1sc2nc3n(c(=O)c2c1C)CCC3. The Kier molecular flexibility index (Phi) is 5.58. The number of methoxy groups -OCH3 is 1. The Morgan fingerprint density at radius 3 is 3.00 bits per heavy atom. The van der Waals surface area contributed by atoms with Gasteiger partial charge in [-0.05, 0) is 31.0 Å². The van der Waals surface area contributed by atoms with Gasteiger partial charge >= 0.3 is 0 Å². The second-order valence-electron chi connectivity index (χ2n) is 6.74. The number of carbonyl (C=O) groups is 1. The van der Waals surface area contributed by atoms with Gasteiger partial charge in [-0.3, -0.25) is 14.2 Å². The highest BCUT2D eigenvalue weighted by atomic mass is 35.5. The topological polar surface area (TPSA) is 82.4 Å². The smallest absolute Gasteiger partial charge is 0.266 e. The lowest BCUT2D eigenvalue weighted by Gasteiger charge is -2.13. The first-order valence-electron chi connectivity index (χ1n) is 9.25. The second-order valence-corrected chi connectivity index (χ2v) is 8.14. The third kappa shape index (κ3) is 3.63. The molecule has 0 saturated heterocycles. The Bertz CT molecular complexity index is 1150. The van der Waals surface area contributed by atoms with Gasteiger partial charge in [0, 0.05) is 20.1 Å². The number of ether oxygens (including phenoxy) is 2. The van der Waals surface area contributed by atoms with Crippen molar-refractivity contribution in [1.82, 2.24) is 9.55 Å². The summed E-state index contributed by atoms with van der Waals surface area (Å²) in [6, 6.07) is 5.14. The number of hydrogen-bond acceptors (Lipinski definition) is 6. The predicted molar refractivity (Wildman–Crippen MR) is 114 cm³/mol. The van der Waals surface area contributed by atoms with Crippen molar-refractivity contribution in [3.63, 3.8) is 0 Å². The zero-order chi connectivity index (χ0) is 20.5. The normalized spacial score (nSPS) is 12.9. The van der Waals surface area contributed by atoms with E-state index in [-0.39, 0.29) is 11.5 Å². The molecule has 152 valence electrons. The van der Waals surface area contributed by atoms with Crippen molar-refractivity contribution in [2.24, 2.45) is 0 Å². The average molecular weight is 434 g/mol. The van der Waals surface area contributed by atoms with Crippen LogP contribution in [-0.2, 0) is 17.7 Å². The van der Waals surface area contributed by atoms with Crippen molar-refractivity contribution in [2.45, 2.75) is 26.3 Å². The third-order valence-corrected chi connectivity index (χ3v) is 6.35. The molecule has 0 bridgehead atoms. The zero-order valence-corrected chi connectivity index (χ0v) is 17.7. The van der Waals surface area contributed by atoms with Crippen molar-refractivity contribution in [1.29, 1.82) is 0 Å². The summed E-state index contributed by atoms with van der Waals surface area (Å²) in [4.78, 5) is 31.5. The summed E-state index contributed by atoms with van der Waals surface area (Å²) >= 11 is 7.48. The van der Waals surface area contributed by atoms with E-state index in [2.05, 4.69) is 10.3 Å². The van der Waals surface area contributed by atoms with Gasteiger partial charge in [0.2, 0.25) is 0 Å². The number of benzene rings is 1. The van der Waals surface area contributed by atoms with Crippen LogP contribution in [0.25, 0.3) is 10.2 Å². The Balaban J connectivity index is 1.67. The van der Waals surface area contributed by atoms with Crippen LogP contribution >= 0.6 is 22.9 Å². The van der Waals surface area contributed by atoms with Crippen LogP contribution in [0.1, 0.15) is 27.5 Å². The molecule has 1 N–H and O–H groups in total. The Hall–Kier alpha value is -2.42. The van der Waals surface area contributed by atoms with Crippen LogP contribution < -0.4 is 15.6 Å². The van der Waals surface area contributed by atoms with Gasteiger partial charge < -0.3 is 14.8 Å². The monoisotopic (exact) mass is 433 g/mol. The molecule has 7 nitrogen and oxygen atoms in total. The van der Waals surface area contributed by atoms with Crippen molar-refractivity contribution in [3.05, 3.63) is 49.8 Å². The zero-order valence-electron chi connectivity index (χ0n) is 16.1.